The number of amides is 1. The minimum absolute atomic E-state index is 0.0596. The van der Waals surface area contributed by atoms with E-state index >= 15 is 0 Å². The number of pyridine rings is 1. The number of hydrogen-bond acceptors (Lipinski definition) is 5. The molecule has 0 bridgehead atoms. The van der Waals surface area contributed by atoms with Crippen molar-refractivity contribution >= 4 is 17.4 Å². The number of carbonyl (C=O) groups is 1. The van der Waals surface area contributed by atoms with Crippen LogP contribution in [-0.4, -0.2) is 28.9 Å². The van der Waals surface area contributed by atoms with Crippen LogP contribution < -0.4 is 10.6 Å². The molecule has 1 amide bonds. The molecule has 114 valence electrons. The van der Waals surface area contributed by atoms with Crippen molar-refractivity contribution in [1.29, 1.82) is 0 Å². The molecule has 2 rings (SSSR count). The second-order valence-corrected chi connectivity index (χ2v) is 5.26. The Hall–Kier alpha value is -2.18. The molecule has 7 heteroatoms. The average Bonchev–Trinajstić information content (AvgIpc) is 3.28. The van der Waals surface area contributed by atoms with Crippen molar-refractivity contribution in [2.24, 2.45) is 5.92 Å². The zero-order chi connectivity index (χ0) is 15.2. The highest BCUT2D eigenvalue weighted by molar-refractivity contribution is 5.98. The minimum Gasteiger partial charge on any atom is -0.370 e. The van der Waals surface area contributed by atoms with E-state index in [1.165, 1.54) is 18.9 Å². The molecule has 0 atom stereocenters. The summed E-state index contributed by atoms with van der Waals surface area (Å²) in [6.07, 6.45) is 5.41. The monoisotopic (exact) mass is 292 g/mol. The molecule has 21 heavy (non-hydrogen) atoms. The van der Waals surface area contributed by atoms with E-state index in [0.29, 0.717) is 24.8 Å². The molecule has 7 nitrogen and oxygen atoms in total. The highest BCUT2D eigenvalue weighted by Crippen LogP contribution is 2.31. The maximum Gasteiger partial charge on any atom is 0.300 e. The van der Waals surface area contributed by atoms with Crippen LogP contribution in [0.5, 0.6) is 0 Å². The molecule has 0 aliphatic heterocycles. The third-order valence-corrected chi connectivity index (χ3v) is 3.42. The number of carbonyl (C=O) groups excluding carboxylic acids is 1. The van der Waals surface area contributed by atoms with E-state index in [4.69, 9.17) is 0 Å². The Morgan fingerprint density at radius 1 is 1.48 bits per heavy atom. The van der Waals surface area contributed by atoms with Gasteiger partial charge in [-0.05, 0) is 18.8 Å². The lowest BCUT2D eigenvalue weighted by molar-refractivity contribution is -0.385. The SMILES string of the molecule is CCCNc1cc(C(=O)NCCC2CC2)c([N+](=O)[O-])cn1. The zero-order valence-corrected chi connectivity index (χ0v) is 12.1. The van der Waals surface area contributed by atoms with Gasteiger partial charge in [0.25, 0.3) is 11.6 Å². The van der Waals surface area contributed by atoms with Gasteiger partial charge in [0.1, 0.15) is 17.6 Å². The van der Waals surface area contributed by atoms with Crippen molar-refractivity contribution < 1.29 is 9.72 Å². The Kier molecular flexibility index (Phi) is 5.08. The first-order valence-electron chi connectivity index (χ1n) is 7.28. The third kappa shape index (κ3) is 4.40. The Balaban J connectivity index is 2.07. The number of nitrogens with one attached hydrogen (secondary N) is 2. The number of rotatable bonds is 8. The maximum absolute atomic E-state index is 12.1. The predicted octanol–water partition coefficient (Wildman–Crippen LogP) is 2.34. The third-order valence-electron chi connectivity index (χ3n) is 3.42. The highest BCUT2D eigenvalue weighted by atomic mass is 16.6. The second kappa shape index (κ2) is 7.01. The fraction of sp³-hybridized carbons (Fsp3) is 0.571. The van der Waals surface area contributed by atoms with Gasteiger partial charge in [0, 0.05) is 19.2 Å². The van der Waals surface area contributed by atoms with Crippen LogP contribution in [0.3, 0.4) is 0 Å². The number of anilines is 1. The molecule has 1 saturated carbocycles. The molecule has 0 aromatic carbocycles. The molecule has 1 aliphatic carbocycles. The van der Waals surface area contributed by atoms with Crippen molar-refractivity contribution in [3.8, 4) is 0 Å². The van der Waals surface area contributed by atoms with Crippen LogP contribution in [0.1, 0.15) is 43.0 Å². The molecule has 1 heterocycles. The zero-order valence-electron chi connectivity index (χ0n) is 12.1. The van der Waals surface area contributed by atoms with E-state index < -0.39 is 10.8 Å². The largest absolute Gasteiger partial charge is 0.370 e. The molecular weight excluding hydrogens is 272 g/mol. The van der Waals surface area contributed by atoms with E-state index in [1.807, 2.05) is 6.92 Å². The fourth-order valence-corrected chi connectivity index (χ4v) is 2.02. The van der Waals surface area contributed by atoms with Gasteiger partial charge in [-0.1, -0.05) is 19.8 Å². The summed E-state index contributed by atoms with van der Waals surface area (Å²) < 4.78 is 0. The van der Waals surface area contributed by atoms with Crippen molar-refractivity contribution in [3.05, 3.63) is 27.9 Å². The number of aromatic nitrogens is 1. The van der Waals surface area contributed by atoms with Crippen molar-refractivity contribution in [2.75, 3.05) is 18.4 Å². The summed E-state index contributed by atoms with van der Waals surface area (Å²) in [5, 5.41) is 16.8. The standard InChI is InChI=1S/C14H20N4O3/c1-2-6-15-13-8-11(12(9-17-13)18(20)21)14(19)16-7-5-10-3-4-10/h8-10H,2-7H2,1H3,(H,15,17)(H,16,19). The summed E-state index contributed by atoms with van der Waals surface area (Å²) in [4.78, 5) is 26.5. The van der Waals surface area contributed by atoms with Gasteiger partial charge < -0.3 is 10.6 Å². The van der Waals surface area contributed by atoms with Gasteiger partial charge in [0.2, 0.25) is 0 Å². The molecule has 1 aliphatic rings. The lowest BCUT2D eigenvalue weighted by Crippen LogP contribution is -2.25. The van der Waals surface area contributed by atoms with Gasteiger partial charge in [-0.3, -0.25) is 14.9 Å². The van der Waals surface area contributed by atoms with Crippen LogP contribution in [-0.2, 0) is 0 Å². The normalized spacial score (nSPS) is 13.8. The fourth-order valence-electron chi connectivity index (χ4n) is 2.02. The first-order valence-corrected chi connectivity index (χ1v) is 7.28. The summed E-state index contributed by atoms with van der Waals surface area (Å²) in [6.45, 7) is 3.26. The van der Waals surface area contributed by atoms with Crippen LogP contribution in [0.15, 0.2) is 12.3 Å². The van der Waals surface area contributed by atoms with Crippen molar-refractivity contribution in [2.45, 2.75) is 32.6 Å². The van der Waals surface area contributed by atoms with Crippen LogP contribution in [0, 0.1) is 16.0 Å². The van der Waals surface area contributed by atoms with Gasteiger partial charge >= 0.3 is 0 Å². The lowest BCUT2D eigenvalue weighted by atomic mass is 10.2. The van der Waals surface area contributed by atoms with Crippen LogP contribution in [0.4, 0.5) is 11.5 Å². The van der Waals surface area contributed by atoms with Gasteiger partial charge in [0.05, 0.1) is 4.92 Å². The number of nitro groups is 1. The molecule has 1 aromatic rings. The molecule has 0 spiro atoms. The summed E-state index contributed by atoms with van der Waals surface area (Å²) in [6, 6.07) is 1.44. The molecule has 2 N–H and O–H groups in total. The van der Waals surface area contributed by atoms with Crippen LogP contribution in [0.2, 0.25) is 0 Å². The first-order chi connectivity index (χ1) is 10.1. The summed E-state index contributed by atoms with van der Waals surface area (Å²) in [7, 11) is 0. The Morgan fingerprint density at radius 3 is 2.86 bits per heavy atom. The lowest BCUT2D eigenvalue weighted by Gasteiger charge is -2.08. The van der Waals surface area contributed by atoms with E-state index in [1.54, 1.807) is 0 Å². The molecule has 0 saturated heterocycles. The Morgan fingerprint density at radius 2 is 2.24 bits per heavy atom. The second-order valence-electron chi connectivity index (χ2n) is 5.26. The van der Waals surface area contributed by atoms with Crippen LogP contribution in [0.25, 0.3) is 0 Å². The summed E-state index contributed by atoms with van der Waals surface area (Å²) >= 11 is 0. The van der Waals surface area contributed by atoms with Crippen molar-refractivity contribution in [3.63, 3.8) is 0 Å². The quantitative estimate of drug-likeness (QED) is 0.566. The molecule has 0 radical (unpaired) electrons. The molecular formula is C14H20N4O3. The van der Waals surface area contributed by atoms with Gasteiger partial charge in [-0.15, -0.1) is 0 Å². The number of nitrogens with zero attached hydrogens (tertiary/aromatic N) is 2. The summed E-state index contributed by atoms with van der Waals surface area (Å²) in [5.74, 6) is 0.776. The van der Waals surface area contributed by atoms with E-state index in [9.17, 15) is 14.9 Å². The average molecular weight is 292 g/mol. The van der Waals surface area contributed by atoms with Gasteiger partial charge in [-0.25, -0.2) is 4.98 Å². The van der Waals surface area contributed by atoms with Gasteiger partial charge in [0.15, 0.2) is 0 Å². The minimum atomic E-state index is -0.577. The van der Waals surface area contributed by atoms with Gasteiger partial charge in [-0.2, -0.15) is 0 Å². The van der Waals surface area contributed by atoms with E-state index in [0.717, 1.165) is 19.0 Å². The Bertz CT molecular complexity index is 529. The van der Waals surface area contributed by atoms with E-state index in [2.05, 4.69) is 15.6 Å². The molecule has 0 unspecified atom stereocenters. The maximum atomic E-state index is 12.1. The highest BCUT2D eigenvalue weighted by Gasteiger charge is 2.23. The number of hydrogen-bond donors (Lipinski definition) is 2. The molecule has 1 aromatic heterocycles. The Labute approximate surface area is 123 Å². The molecule has 1 fully saturated rings. The predicted molar refractivity (Wildman–Crippen MR) is 79.3 cm³/mol. The van der Waals surface area contributed by atoms with Crippen molar-refractivity contribution in [1.82, 2.24) is 10.3 Å². The first kappa shape index (κ1) is 15.2. The van der Waals surface area contributed by atoms with Crippen LogP contribution >= 0.6 is 0 Å². The van der Waals surface area contributed by atoms with E-state index in [-0.39, 0.29) is 11.3 Å². The topological polar surface area (TPSA) is 97.2 Å². The summed E-state index contributed by atoms with van der Waals surface area (Å²) in [5.41, 5.74) is -0.203. The smallest absolute Gasteiger partial charge is 0.300 e.